The first-order valence-electron chi connectivity index (χ1n) is 7.03. The van der Waals surface area contributed by atoms with Crippen molar-refractivity contribution in [3.05, 3.63) is 30.1 Å². The molecule has 2 aromatic rings. The van der Waals surface area contributed by atoms with Crippen LogP contribution < -0.4 is 10.6 Å². The first-order valence-corrected chi connectivity index (χ1v) is 7.03. The molecule has 1 fully saturated rings. The quantitative estimate of drug-likeness (QED) is 0.876. The zero-order chi connectivity index (χ0) is 14.8. The minimum Gasteiger partial charge on any atom is -0.326 e. The van der Waals surface area contributed by atoms with Crippen molar-refractivity contribution in [2.45, 2.75) is 26.3 Å². The number of hydrogen-bond acceptors (Lipinski definition) is 5. The molecule has 7 nitrogen and oxygen atoms in total. The van der Waals surface area contributed by atoms with Gasteiger partial charge in [-0.05, 0) is 54.9 Å². The molecule has 2 heterocycles. The molecule has 1 aliphatic rings. The number of aryl methyl sites for hydroxylation is 1. The Kier molecular flexibility index (Phi) is 3.66. The van der Waals surface area contributed by atoms with Crippen LogP contribution in [0.25, 0.3) is 5.69 Å². The van der Waals surface area contributed by atoms with E-state index in [1.54, 1.807) is 4.68 Å². The van der Waals surface area contributed by atoms with E-state index in [0.717, 1.165) is 29.9 Å². The molecule has 1 saturated heterocycles. The molecule has 1 aromatic heterocycles. The minimum atomic E-state index is 0.0165. The van der Waals surface area contributed by atoms with Gasteiger partial charge in [-0.1, -0.05) is 6.07 Å². The van der Waals surface area contributed by atoms with E-state index in [0.29, 0.717) is 0 Å². The van der Waals surface area contributed by atoms with Crippen LogP contribution in [-0.4, -0.2) is 38.7 Å². The molecule has 1 aliphatic heterocycles. The summed E-state index contributed by atoms with van der Waals surface area (Å²) >= 11 is 0. The molecular formula is C14H18N6O. The summed E-state index contributed by atoms with van der Waals surface area (Å²) in [5.74, 6) is 0.0711. The van der Waals surface area contributed by atoms with Crippen molar-refractivity contribution in [1.82, 2.24) is 25.5 Å². The van der Waals surface area contributed by atoms with Crippen LogP contribution in [0.15, 0.2) is 24.5 Å². The Morgan fingerprint density at radius 3 is 3.00 bits per heavy atom. The van der Waals surface area contributed by atoms with Crippen molar-refractivity contribution < 1.29 is 4.79 Å². The fourth-order valence-electron chi connectivity index (χ4n) is 2.66. The van der Waals surface area contributed by atoms with E-state index >= 15 is 0 Å². The number of nitrogens with zero attached hydrogens (tertiary/aromatic N) is 4. The van der Waals surface area contributed by atoms with E-state index < -0.39 is 0 Å². The maximum absolute atomic E-state index is 12.3. The lowest BCUT2D eigenvalue weighted by Gasteiger charge is -2.15. The molecule has 0 bridgehead atoms. The van der Waals surface area contributed by atoms with Crippen LogP contribution in [0.2, 0.25) is 0 Å². The van der Waals surface area contributed by atoms with Crippen LogP contribution in [0.1, 0.15) is 18.9 Å². The smallest absolute Gasteiger partial charge is 0.229 e. The summed E-state index contributed by atoms with van der Waals surface area (Å²) < 4.78 is 1.59. The summed E-state index contributed by atoms with van der Waals surface area (Å²) in [6, 6.07) is 5.95. The average Bonchev–Trinajstić information content (AvgIpc) is 3.12. The second-order valence-corrected chi connectivity index (χ2v) is 5.38. The maximum atomic E-state index is 12.3. The van der Waals surface area contributed by atoms with Crippen LogP contribution in [-0.2, 0) is 4.79 Å². The van der Waals surface area contributed by atoms with E-state index in [2.05, 4.69) is 26.2 Å². The van der Waals surface area contributed by atoms with Gasteiger partial charge in [-0.3, -0.25) is 4.79 Å². The highest BCUT2D eigenvalue weighted by Crippen LogP contribution is 2.21. The molecule has 2 N–H and O–H groups in total. The molecule has 0 saturated carbocycles. The monoisotopic (exact) mass is 286 g/mol. The Hall–Kier alpha value is -2.28. The number of hydrogen-bond donors (Lipinski definition) is 2. The molecule has 1 aromatic carbocycles. The Morgan fingerprint density at radius 1 is 1.48 bits per heavy atom. The summed E-state index contributed by atoms with van der Waals surface area (Å²) in [6.45, 7) is 4.91. The van der Waals surface area contributed by atoms with Crippen molar-refractivity contribution in [1.29, 1.82) is 0 Å². The Labute approximate surface area is 122 Å². The number of nitrogens with one attached hydrogen (secondary N) is 2. The van der Waals surface area contributed by atoms with Gasteiger partial charge in [-0.15, -0.1) is 5.10 Å². The Morgan fingerprint density at radius 2 is 2.33 bits per heavy atom. The fraction of sp³-hybridized carbons (Fsp3) is 0.429. The van der Waals surface area contributed by atoms with E-state index in [4.69, 9.17) is 0 Å². The van der Waals surface area contributed by atoms with Gasteiger partial charge in [0, 0.05) is 11.7 Å². The van der Waals surface area contributed by atoms with Gasteiger partial charge in [0.2, 0.25) is 5.91 Å². The van der Waals surface area contributed by atoms with Gasteiger partial charge in [0.1, 0.15) is 6.33 Å². The molecule has 2 unspecified atom stereocenters. The van der Waals surface area contributed by atoms with E-state index in [1.165, 1.54) is 6.33 Å². The van der Waals surface area contributed by atoms with Crippen molar-refractivity contribution in [2.75, 3.05) is 11.9 Å². The van der Waals surface area contributed by atoms with Crippen molar-refractivity contribution >= 4 is 11.6 Å². The van der Waals surface area contributed by atoms with Gasteiger partial charge in [-0.2, -0.15) is 0 Å². The van der Waals surface area contributed by atoms with Gasteiger partial charge >= 0.3 is 0 Å². The molecule has 2 atom stereocenters. The summed E-state index contributed by atoms with van der Waals surface area (Å²) in [4.78, 5) is 12.3. The van der Waals surface area contributed by atoms with Gasteiger partial charge < -0.3 is 10.6 Å². The minimum absolute atomic E-state index is 0.0165. The fourth-order valence-corrected chi connectivity index (χ4v) is 2.66. The molecule has 7 heteroatoms. The molecule has 0 aliphatic carbocycles. The number of anilines is 1. The van der Waals surface area contributed by atoms with Crippen molar-refractivity contribution in [2.24, 2.45) is 5.92 Å². The van der Waals surface area contributed by atoms with E-state index in [-0.39, 0.29) is 17.9 Å². The van der Waals surface area contributed by atoms with Crippen LogP contribution in [0.4, 0.5) is 5.69 Å². The maximum Gasteiger partial charge on any atom is 0.229 e. The van der Waals surface area contributed by atoms with Crippen LogP contribution in [0.5, 0.6) is 0 Å². The number of aromatic nitrogens is 4. The third-order valence-electron chi connectivity index (χ3n) is 3.93. The molecule has 1 amide bonds. The molecule has 21 heavy (non-hydrogen) atoms. The van der Waals surface area contributed by atoms with Crippen LogP contribution >= 0.6 is 0 Å². The normalized spacial score (nSPS) is 21.4. The first-order chi connectivity index (χ1) is 10.1. The largest absolute Gasteiger partial charge is 0.326 e. The third kappa shape index (κ3) is 2.78. The molecule has 3 rings (SSSR count). The highest BCUT2D eigenvalue weighted by atomic mass is 16.1. The zero-order valence-corrected chi connectivity index (χ0v) is 12.1. The summed E-state index contributed by atoms with van der Waals surface area (Å²) in [6.07, 6.45) is 2.41. The van der Waals surface area contributed by atoms with Gasteiger partial charge in [0.25, 0.3) is 0 Å². The van der Waals surface area contributed by atoms with Gasteiger partial charge in [0.15, 0.2) is 0 Å². The molecular weight excluding hydrogens is 268 g/mol. The zero-order valence-electron chi connectivity index (χ0n) is 12.1. The highest BCUT2D eigenvalue weighted by Gasteiger charge is 2.29. The lowest BCUT2D eigenvalue weighted by atomic mass is 10.0. The number of tetrazole rings is 1. The summed E-state index contributed by atoms with van der Waals surface area (Å²) in [5.41, 5.74) is 2.65. The lowest BCUT2D eigenvalue weighted by molar-refractivity contribution is -0.119. The van der Waals surface area contributed by atoms with Crippen molar-refractivity contribution in [3.63, 3.8) is 0 Å². The average molecular weight is 286 g/mol. The third-order valence-corrected chi connectivity index (χ3v) is 3.93. The summed E-state index contributed by atoms with van der Waals surface area (Å²) in [7, 11) is 0. The number of amides is 1. The SMILES string of the molecule is Cc1ccc(NC(=O)C2CCNC2C)cc1-n1cnnn1. The summed E-state index contributed by atoms with van der Waals surface area (Å²) in [5, 5.41) is 17.4. The molecule has 0 radical (unpaired) electrons. The van der Waals surface area contributed by atoms with E-state index in [9.17, 15) is 4.79 Å². The molecule has 0 spiro atoms. The number of benzene rings is 1. The predicted octanol–water partition coefficient (Wildman–Crippen LogP) is 0.907. The van der Waals surface area contributed by atoms with Gasteiger partial charge in [-0.25, -0.2) is 4.68 Å². The Bertz CT molecular complexity index is 639. The second-order valence-electron chi connectivity index (χ2n) is 5.38. The first kappa shape index (κ1) is 13.7. The standard InChI is InChI=1S/C14H18N6O/c1-9-3-4-11(7-13(9)20-8-16-18-19-20)17-14(21)12-5-6-15-10(12)2/h3-4,7-8,10,12,15H,5-6H2,1-2H3,(H,17,21). The van der Waals surface area contributed by atoms with Gasteiger partial charge in [0.05, 0.1) is 11.6 Å². The number of carbonyl (C=O) groups excluding carboxylic acids is 1. The van der Waals surface area contributed by atoms with Crippen LogP contribution in [0.3, 0.4) is 0 Å². The van der Waals surface area contributed by atoms with E-state index in [1.807, 2.05) is 32.0 Å². The number of carbonyl (C=O) groups is 1. The second kappa shape index (κ2) is 5.61. The number of rotatable bonds is 3. The lowest BCUT2D eigenvalue weighted by Crippen LogP contribution is -2.32. The predicted molar refractivity (Wildman–Crippen MR) is 78.1 cm³/mol. The topological polar surface area (TPSA) is 84.7 Å². The molecule has 110 valence electrons. The highest BCUT2D eigenvalue weighted by molar-refractivity contribution is 5.93. The van der Waals surface area contributed by atoms with Crippen LogP contribution in [0, 0.1) is 12.8 Å². The van der Waals surface area contributed by atoms with Crippen molar-refractivity contribution in [3.8, 4) is 5.69 Å². The Balaban J connectivity index is 1.80.